The Bertz CT molecular complexity index is 429. The predicted molar refractivity (Wildman–Crippen MR) is 71.9 cm³/mol. The zero-order chi connectivity index (χ0) is 12.3. The first kappa shape index (κ1) is 12.6. The third kappa shape index (κ3) is 3.57. The minimum atomic E-state index is -0.0648. The Morgan fingerprint density at radius 2 is 2.35 bits per heavy atom. The zero-order valence-corrected chi connectivity index (χ0v) is 11.3. The predicted octanol–water partition coefficient (Wildman–Crippen LogP) is 2.18. The second-order valence-corrected chi connectivity index (χ2v) is 5.89. The van der Waals surface area contributed by atoms with Gasteiger partial charge in [0, 0.05) is 23.5 Å². The lowest BCUT2D eigenvalue weighted by Crippen LogP contribution is -2.20. The van der Waals surface area contributed by atoms with Gasteiger partial charge in [0.25, 0.3) is 0 Å². The van der Waals surface area contributed by atoms with Crippen LogP contribution in [0.25, 0.3) is 0 Å². The zero-order valence-electron chi connectivity index (χ0n) is 10.4. The number of rotatable bonds is 4. The highest BCUT2D eigenvalue weighted by Gasteiger charge is 2.33. The maximum absolute atomic E-state index is 8.71. The molecule has 1 saturated carbocycles. The summed E-state index contributed by atoms with van der Waals surface area (Å²) in [6.45, 7) is 4.41. The van der Waals surface area contributed by atoms with Crippen molar-refractivity contribution in [3.05, 3.63) is 21.9 Å². The molecular formula is C14H19NOS. The normalized spacial score (nSPS) is 22.4. The summed E-state index contributed by atoms with van der Waals surface area (Å²) >= 11 is 1.75. The van der Waals surface area contributed by atoms with Crippen molar-refractivity contribution in [3.63, 3.8) is 0 Å². The Hall–Kier alpha value is -0.820. The summed E-state index contributed by atoms with van der Waals surface area (Å²) in [4.78, 5) is 3.69. The molecule has 2 rings (SSSR count). The second kappa shape index (κ2) is 5.68. The van der Waals surface area contributed by atoms with Gasteiger partial charge in [0.15, 0.2) is 0 Å². The van der Waals surface area contributed by atoms with Crippen LogP contribution >= 0.6 is 11.3 Å². The molecule has 2 nitrogen and oxygen atoms in total. The highest BCUT2D eigenvalue weighted by molar-refractivity contribution is 7.10. The molecule has 1 N–H and O–H groups in total. The Morgan fingerprint density at radius 1 is 1.59 bits per heavy atom. The summed E-state index contributed by atoms with van der Waals surface area (Å²) in [6.07, 6.45) is 1.38. The largest absolute Gasteiger partial charge is 0.384 e. The highest BCUT2D eigenvalue weighted by atomic mass is 32.1. The number of aliphatic hydroxyl groups is 1. The van der Waals surface area contributed by atoms with Crippen molar-refractivity contribution in [1.29, 1.82) is 0 Å². The van der Waals surface area contributed by atoms with Gasteiger partial charge in [-0.15, -0.1) is 11.3 Å². The fourth-order valence-electron chi connectivity index (χ4n) is 2.07. The van der Waals surface area contributed by atoms with Crippen molar-refractivity contribution in [2.24, 2.45) is 11.8 Å². The van der Waals surface area contributed by atoms with Gasteiger partial charge in [-0.05, 0) is 36.8 Å². The van der Waals surface area contributed by atoms with Crippen LogP contribution in [-0.4, -0.2) is 30.2 Å². The van der Waals surface area contributed by atoms with Crippen LogP contribution in [-0.2, 0) is 6.54 Å². The smallest absolute Gasteiger partial charge is 0.104 e. The average Bonchev–Trinajstić information content (AvgIpc) is 2.80. The SMILES string of the molecule is CC1CC1CN(C)Cc1sccc1C#CCO. The summed E-state index contributed by atoms with van der Waals surface area (Å²) in [6, 6.07) is 2.04. The van der Waals surface area contributed by atoms with E-state index >= 15 is 0 Å². The number of hydrogen-bond acceptors (Lipinski definition) is 3. The Balaban J connectivity index is 1.91. The van der Waals surface area contributed by atoms with Gasteiger partial charge in [-0.2, -0.15) is 0 Å². The van der Waals surface area contributed by atoms with E-state index in [2.05, 4.69) is 36.1 Å². The maximum Gasteiger partial charge on any atom is 0.104 e. The molecule has 1 fully saturated rings. The number of aliphatic hydroxyl groups excluding tert-OH is 1. The molecule has 0 radical (unpaired) electrons. The first-order chi connectivity index (χ1) is 8.20. The second-order valence-electron chi connectivity index (χ2n) is 4.89. The molecule has 0 spiro atoms. The van der Waals surface area contributed by atoms with Crippen molar-refractivity contribution >= 4 is 11.3 Å². The minimum Gasteiger partial charge on any atom is -0.384 e. The molecule has 2 atom stereocenters. The Morgan fingerprint density at radius 3 is 3.00 bits per heavy atom. The van der Waals surface area contributed by atoms with Crippen LogP contribution in [0.2, 0.25) is 0 Å². The molecule has 0 bridgehead atoms. The summed E-state index contributed by atoms with van der Waals surface area (Å²) in [5, 5.41) is 10.8. The van der Waals surface area contributed by atoms with Gasteiger partial charge < -0.3 is 10.0 Å². The van der Waals surface area contributed by atoms with Crippen LogP contribution in [0, 0.1) is 23.7 Å². The van der Waals surface area contributed by atoms with Gasteiger partial charge >= 0.3 is 0 Å². The monoisotopic (exact) mass is 249 g/mol. The van der Waals surface area contributed by atoms with E-state index in [1.807, 2.05) is 6.07 Å². The van der Waals surface area contributed by atoms with Crippen LogP contribution in [0.15, 0.2) is 11.4 Å². The Labute approximate surface area is 107 Å². The molecule has 17 heavy (non-hydrogen) atoms. The summed E-state index contributed by atoms with van der Waals surface area (Å²) in [7, 11) is 2.17. The van der Waals surface area contributed by atoms with Gasteiger partial charge in [-0.3, -0.25) is 0 Å². The number of thiophene rings is 1. The summed E-state index contributed by atoms with van der Waals surface area (Å²) in [5.41, 5.74) is 1.07. The first-order valence-electron chi connectivity index (χ1n) is 6.05. The molecule has 1 aliphatic rings. The lowest BCUT2D eigenvalue weighted by molar-refractivity contribution is 0.310. The lowest BCUT2D eigenvalue weighted by atomic mass is 10.2. The van der Waals surface area contributed by atoms with Gasteiger partial charge in [-0.1, -0.05) is 18.8 Å². The van der Waals surface area contributed by atoms with Crippen LogP contribution in [0.1, 0.15) is 23.8 Å². The van der Waals surface area contributed by atoms with E-state index in [1.165, 1.54) is 17.8 Å². The van der Waals surface area contributed by atoms with E-state index in [1.54, 1.807) is 11.3 Å². The van der Waals surface area contributed by atoms with Crippen LogP contribution in [0.3, 0.4) is 0 Å². The van der Waals surface area contributed by atoms with Crippen LogP contribution in [0.5, 0.6) is 0 Å². The van der Waals surface area contributed by atoms with Gasteiger partial charge in [0.1, 0.15) is 6.61 Å². The van der Waals surface area contributed by atoms with Crippen LogP contribution < -0.4 is 0 Å². The quantitative estimate of drug-likeness (QED) is 0.827. The van der Waals surface area contributed by atoms with Crippen molar-refractivity contribution in [2.75, 3.05) is 20.2 Å². The third-order valence-corrected chi connectivity index (χ3v) is 4.19. The van der Waals surface area contributed by atoms with Crippen molar-refractivity contribution in [2.45, 2.75) is 19.9 Å². The maximum atomic E-state index is 8.71. The molecule has 1 aromatic heterocycles. The van der Waals surface area contributed by atoms with E-state index in [0.717, 1.165) is 23.9 Å². The fourth-order valence-corrected chi connectivity index (χ4v) is 2.98. The molecule has 2 unspecified atom stereocenters. The van der Waals surface area contributed by atoms with Crippen molar-refractivity contribution < 1.29 is 5.11 Å². The topological polar surface area (TPSA) is 23.5 Å². The molecule has 0 aromatic carbocycles. The van der Waals surface area contributed by atoms with Gasteiger partial charge in [0.05, 0.1) is 0 Å². The molecule has 1 aromatic rings. The van der Waals surface area contributed by atoms with Crippen LogP contribution in [0.4, 0.5) is 0 Å². The average molecular weight is 249 g/mol. The molecule has 1 heterocycles. The first-order valence-corrected chi connectivity index (χ1v) is 6.93. The molecule has 3 heteroatoms. The van der Waals surface area contributed by atoms with Gasteiger partial charge in [-0.25, -0.2) is 0 Å². The van der Waals surface area contributed by atoms with Gasteiger partial charge in [0.2, 0.25) is 0 Å². The number of nitrogens with zero attached hydrogens (tertiary/aromatic N) is 1. The third-order valence-electron chi connectivity index (χ3n) is 3.28. The highest BCUT2D eigenvalue weighted by Crippen LogP contribution is 2.38. The van der Waals surface area contributed by atoms with Crippen molar-refractivity contribution in [3.8, 4) is 11.8 Å². The molecule has 0 saturated heterocycles. The number of hydrogen-bond donors (Lipinski definition) is 1. The molecular weight excluding hydrogens is 230 g/mol. The summed E-state index contributed by atoms with van der Waals surface area (Å²) in [5.74, 6) is 7.53. The van der Waals surface area contributed by atoms with E-state index in [4.69, 9.17) is 5.11 Å². The molecule has 92 valence electrons. The van der Waals surface area contributed by atoms with E-state index < -0.39 is 0 Å². The fraction of sp³-hybridized carbons (Fsp3) is 0.571. The minimum absolute atomic E-state index is 0.0648. The van der Waals surface area contributed by atoms with E-state index in [-0.39, 0.29) is 6.61 Å². The summed E-state index contributed by atoms with van der Waals surface area (Å²) < 4.78 is 0. The standard InChI is InChI=1S/C14H19NOS/c1-11-8-13(11)9-15(2)10-14-12(4-3-6-16)5-7-17-14/h5,7,11,13,16H,6,8-10H2,1-2H3. The van der Waals surface area contributed by atoms with E-state index in [0.29, 0.717) is 0 Å². The van der Waals surface area contributed by atoms with E-state index in [9.17, 15) is 0 Å². The molecule has 1 aliphatic carbocycles. The van der Waals surface area contributed by atoms with Crippen molar-refractivity contribution in [1.82, 2.24) is 4.90 Å². The molecule has 0 aliphatic heterocycles. The molecule has 0 amide bonds. The Kier molecular flexibility index (Phi) is 4.22. The lowest BCUT2D eigenvalue weighted by Gasteiger charge is -2.15.